The Morgan fingerprint density at radius 2 is 2.00 bits per heavy atom. The first-order valence-corrected chi connectivity index (χ1v) is 7.75. The highest BCUT2D eigenvalue weighted by Crippen LogP contribution is 2.40. The summed E-state index contributed by atoms with van der Waals surface area (Å²) in [6.45, 7) is 0.979. The lowest BCUT2D eigenvalue weighted by Crippen LogP contribution is -2.42. The number of aliphatic carboxylic acids is 1. The van der Waals surface area contributed by atoms with Gasteiger partial charge in [0.2, 0.25) is 0 Å². The average Bonchev–Trinajstić information content (AvgIpc) is 3.20. The van der Waals surface area contributed by atoms with Crippen molar-refractivity contribution in [2.75, 3.05) is 18.4 Å². The second kappa shape index (κ2) is 5.40. The number of piperidine rings is 1. The number of urea groups is 1. The molecule has 0 spiro atoms. The van der Waals surface area contributed by atoms with E-state index < -0.39 is 5.97 Å². The van der Waals surface area contributed by atoms with Crippen molar-refractivity contribution in [1.29, 1.82) is 0 Å². The van der Waals surface area contributed by atoms with Gasteiger partial charge in [-0.3, -0.25) is 10.1 Å². The van der Waals surface area contributed by atoms with E-state index in [0.717, 1.165) is 5.69 Å². The molecule has 0 radical (unpaired) electrons. The topological polar surface area (TPSA) is 82.5 Å². The van der Waals surface area contributed by atoms with Crippen molar-refractivity contribution in [2.24, 2.45) is 5.92 Å². The minimum absolute atomic E-state index is 0.175. The molecule has 2 N–H and O–H groups in total. The van der Waals surface area contributed by atoms with Gasteiger partial charge in [-0.25, -0.2) is 9.78 Å². The standard InChI is InChI=1S/C13H17N3O3S/c17-11(18)9-3-5-16(6-4-9)13(19)15-12-14-10(7-20-12)8-1-2-8/h7-9H,1-6H2,(H,17,18)(H,14,15,19). The molecule has 2 heterocycles. The van der Waals surface area contributed by atoms with Crippen LogP contribution in [0.15, 0.2) is 5.38 Å². The van der Waals surface area contributed by atoms with Crippen molar-refractivity contribution in [3.63, 3.8) is 0 Å². The Bertz CT molecular complexity index is 519. The SMILES string of the molecule is O=C(O)C1CCN(C(=O)Nc2nc(C3CC3)cs2)CC1. The first-order valence-electron chi connectivity index (χ1n) is 6.87. The van der Waals surface area contributed by atoms with Gasteiger partial charge in [0.05, 0.1) is 11.6 Å². The Kier molecular flexibility index (Phi) is 3.60. The summed E-state index contributed by atoms with van der Waals surface area (Å²) in [6, 6.07) is -0.175. The number of carboxylic acids is 1. The number of carboxylic acid groups (broad SMARTS) is 1. The Balaban J connectivity index is 1.52. The number of likely N-dealkylation sites (tertiary alicyclic amines) is 1. The highest BCUT2D eigenvalue weighted by molar-refractivity contribution is 7.13. The van der Waals surface area contributed by atoms with Gasteiger partial charge in [-0.1, -0.05) is 0 Å². The lowest BCUT2D eigenvalue weighted by Gasteiger charge is -2.29. The smallest absolute Gasteiger partial charge is 0.323 e. The molecule has 2 fully saturated rings. The molecule has 0 unspecified atom stereocenters. The molecule has 1 saturated carbocycles. The fraction of sp³-hybridized carbons (Fsp3) is 0.615. The van der Waals surface area contributed by atoms with Gasteiger partial charge in [0.15, 0.2) is 5.13 Å². The van der Waals surface area contributed by atoms with Crippen molar-refractivity contribution in [3.8, 4) is 0 Å². The summed E-state index contributed by atoms with van der Waals surface area (Å²) in [7, 11) is 0. The molecule has 0 bridgehead atoms. The van der Waals surface area contributed by atoms with Crippen LogP contribution in [0.2, 0.25) is 0 Å². The number of nitrogens with one attached hydrogen (secondary N) is 1. The molecule has 6 nitrogen and oxygen atoms in total. The van der Waals surface area contributed by atoms with Crippen LogP contribution < -0.4 is 5.32 Å². The van der Waals surface area contributed by atoms with Crippen molar-refractivity contribution in [2.45, 2.75) is 31.6 Å². The highest BCUT2D eigenvalue weighted by Gasteiger charge is 2.28. The number of rotatable bonds is 3. The monoisotopic (exact) mass is 295 g/mol. The fourth-order valence-electron chi connectivity index (χ4n) is 2.41. The third kappa shape index (κ3) is 2.92. The van der Waals surface area contributed by atoms with Gasteiger partial charge >= 0.3 is 12.0 Å². The van der Waals surface area contributed by atoms with Crippen molar-refractivity contribution >= 4 is 28.5 Å². The lowest BCUT2D eigenvalue weighted by molar-refractivity contribution is -0.143. The van der Waals surface area contributed by atoms with Crippen LogP contribution in [0.5, 0.6) is 0 Å². The van der Waals surface area contributed by atoms with Gasteiger partial charge in [0.25, 0.3) is 0 Å². The zero-order valence-corrected chi connectivity index (χ0v) is 11.9. The maximum atomic E-state index is 12.1. The number of anilines is 1. The van der Waals surface area contributed by atoms with Gasteiger partial charge in [-0.15, -0.1) is 11.3 Å². The molecule has 0 aromatic carbocycles. The van der Waals surface area contributed by atoms with Crippen LogP contribution in [0, 0.1) is 5.92 Å². The number of carbonyl (C=O) groups excluding carboxylic acids is 1. The largest absolute Gasteiger partial charge is 0.481 e. The van der Waals surface area contributed by atoms with E-state index in [9.17, 15) is 9.59 Å². The average molecular weight is 295 g/mol. The van der Waals surface area contributed by atoms with Crippen LogP contribution in [0.1, 0.15) is 37.3 Å². The van der Waals surface area contributed by atoms with Crippen LogP contribution in [0.4, 0.5) is 9.93 Å². The van der Waals surface area contributed by atoms with Crippen LogP contribution in [-0.2, 0) is 4.79 Å². The van der Waals surface area contributed by atoms with Gasteiger partial charge < -0.3 is 10.0 Å². The quantitative estimate of drug-likeness (QED) is 0.896. The summed E-state index contributed by atoms with van der Waals surface area (Å²) >= 11 is 1.45. The predicted octanol–water partition coefficient (Wildman–Crippen LogP) is 2.35. The summed E-state index contributed by atoms with van der Waals surface area (Å²) < 4.78 is 0. The molecule has 1 saturated heterocycles. The molecule has 7 heteroatoms. The minimum atomic E-state index is -0.765. The Morgan fingerprint density at radius 1 is 1.30 bits per heavy atom. The van der Waals surface area contributed by atoms with Crippen molar-refractivity contribution < 1.29 is 14.7 Å². The maximum absolute atomic E-state index is 12.1. The van der Waals surface area contributed by atoms with E-state index in [1.165, 1.54) is 24.2 Å². The van der Waals surface area contributed by atoms with Crippen LogP contribution in [0.25, 0.3) is 0 Å². The van der Waals surface area contributed by atoms with E-state index >= 15 is 0 Å². The van der Waals surface area contributed by atoms with E-state index in [1.807, 2.05) is 5.38 Å². The van der Waals surface area contributed by atoms with E-state index in [4.69, 9.17) is 5.11 Å². The van der Waals surface area contributed by atoms with E-state index in [1.54, 1.807) is 4.90 Å². The van der Waals surface area contributed by atoms with Gasteiger partial charge in [0, 0.05) is 24.4 Å². The molecule has 0 atom stereocenters. The van der Waals surface area contributed by atoms with Gasteiger partial charge in [-0.05, 0) is 25.7 Å². The molecule has 2 aliphatic rings. The lowest BCUT2D eigenvalue weighted by atomic mass is 9.97. The molecule has 1 aliphatic heterocycles. The van der Waals surface area contributed by atoms with Crippen LogP contribution in [-0.4, -0.2) is 40.1 Å². The Hall–Kier alpha value is -1.63. The molecule has 2 amide bonds. The van der Waals surface area contributed by atoms with E-state index in [2.05, 4.69) is 10.3 Å². The summed E-state index contributed by atoms with van der Waals surface area (Å²) in [6.07, 6.45) is 3.43. The molecule has 108 valence electrons. The van der Waals surface area contributed by atoms with Crippen molar-refractivity contribution in [1.82, 2.24) is 9.88 Å². The third-order valence-corrected chi connectivity index (χ3v) is 4.64. The number of aromatic nitrogens is 1. The molecule has 1 aromatic rings. The predicted molar refractivity (Wildman–Crippen MR) is 75.0 cm³/mol. The minimum Gasteiger partial charge on any atom is -0.481 e. The zero-order chi connectivity index (χ0) is 14.1. The molecule has 1 aliphatic carbocycles. The second-order valence-electron chi connectivity index (χ2n) is 5.38. The van der Waals surface area contributed by atoms with Crippen LogP contribution in [0.3, 0.4) is 0 Å². The Labute approximate surface area is 120 Å². The third-order valence-electron chi connectivity index (χ3n) is 3.86. The van der Waals surface area contributed by atoms with E-state index in [0.29, 0.717) is 37.0 Å². The summed E-state index contributed by atoms with van der Waals surface area (Å²) in [5.74, 6) is -0.498. The van der Waals surface area contributed by atoms with E-state index in [-0.39, 0.29) is 11.9 Å². The first kappa shape index (κ1) is 13.4. The summed E-state index contributed by atoms with van der Waals surface area (Å²) in [4.78, 5) is 29.0. The molecule has 3 rings (SSSR count). The molecular weight excluding hydrogens is 278 g/mol. The Morgan fingerprint density at radius 3 is 2.60 bits per heavy atom. The zero-order valence-electron chi connectivity index (χ0n) is 11.0. The fourth-order valence-corrected chi connectivity index (χ4v) is 3.19. The normalized spacial score (nSPS) is 19.9. The summed E-state index contributed by atoms with van der Waals surface area (Å²) in [5, 5.41) is 14.4. The molecular formula is C13H17N3O3S. The maximum Gasteiger partial charge on any atom is 0.323 e. The first-order chi connectivity index (χ1) is 9.63. The number of hydrogen-bond donors (Lipinski definition) is 2. The summed E-state index contributed by atoms with van der Waals surface area (Å²) in [5.41, 5.74) is 1.08. The number of hydrogen-bond acceptors (Lipinski definition) is 4. The number of nitrogens with zero attached hydrogens (tertiary/aromatic N) is 2. The van der Waals surface area contributed by atoms with Gasteiger partial charge in [-0.2, -0.15) is 0 Å². The highest BCUT2D eigenvalue weighted by atomic mass is 32.1. The van der Waals surface area contributed by atoms with Crippen LogP contribution >= 0.6 is 11.3 Å². The number of thiazole rings is 1. The molecule has 1 aromatic heterocycles. The number of carbonyl (C=O) groups is 2. The number of amides is 2. The van der Waals surface area contributed by atoms with Crippen molar-refractivity contribution in [3.05, 3.63) is 11.1 Å². The molecule has 20 heavy (non-hydrogen) atoms. The van der Waals surface area contributed by atoms with Gasteiger partial charge in [0.1, 0.15) is 0 Å². The second-order valence-corrected chi connectivity index (χ2v) is 6.24.